The van der Waals surface area contributed by atoms with Gasteiger partial charge in [-0.3, -0.25) is 9.48 Å². The topological polar surface area (TPSA) is 87.9 Å². The van der Waals surface area contributed by atoms with Crippen LogP contribution in [0.1, 0.15) is 28.7 Å². The van der Waals surface area contributed by atoms with Gasteiger partial charge in [0.1, 0.15) is 11.8 Å². The largest absolute Gasteiger partial charge is 0.395 e. The molecule has 0 atom stereocenters. The first-order valence-electron chi connectivity index (χ1n) is 6.59. The number of rotatable bonds is 3. The molecule has 108 valence electrons. The maximum atomic E-state index is 12.7. The van der Waals surface area contributed by atoms with Crippen LogP contribution in [0.2, 0.25) is 0 Å². The van der Waals surface area contributed by atoms with Crippen molar-refractivity contribution >= 4 is 17.3 Å². The standard InChI is InChI=1S/C15H17N5O/c1-4-11-13(17)14(20(3)18-11)15(21)19(2)12-8-6-5-7-10(12)9-16/h5-8H,4,17H2,1-3H3. The predicted molar refractivity (Wildman–Crippen MR) is 80.9 cm³/mol. The third-order valence-electron chi connectivity index (χ3n) is 3.39. The van der Waals surface area contributed by atoms with Crippen LogP contribution in [0.5, 0.6) is 0 Å². The third kappa shape index (κ3) is 2.46. The maximum absolute atomic E-state index is 12.7. The molecule has 0 unspecified atom stereocenters. The number of nitrogens with zero attached hydrogens (tertiary/aromatic N) is 4. The highest BCUT2D eigenvalue weighted by molar-refractivity contribution is 6.08. The highest BCUT2D eigenvalue weighted by Gasteiger charge is 2.24. The van der Waals surface area contributed by atoms with Crippen molar-refractivity contribution < 1.29 is 4.79 Å². The molecule has 1 aromatic carbocycles. The smallest absolute Gasteiger partial charge is 0.278 e. The second-order valence-corrected chi connectivity index (χ2v) is 4.68. The van der Waals surface area contributed by atoms with E-state index < -0.39 is 0 Å². The fourth-order valence-electron chi connectivity index (χ4n) is 2.24. The predicted octanol–water partition coefficient (Wildman–Crippen LogP) is 1.71. The van der Waals surface area contributed by atoms with Crippen molar-refractivity contribution in [1.82, 2.24) is 9.78 Å². The molecule has 0 aliphatic rings. The number of nitrogen functional groups attached to an aromatic ring is 1. The number of hydrogen-bond donors (Lipinski definition) is 1. The highest BCUT2D eigenvalue weighted by Crippen LogP contribution is 2.23. The van der Waals surface area contributed by atoms with Crippen LogP contribution < -0.4 is 10.6 Å². The Morgan fingerprint density at radius 3 is 2.71 bits per heavy atom. The molecular formula is C15H17N5O. The Hall–Kier alpha value is -2.81. The molecule has 1 aromatic heterocycles. The highest BCUT2D eigenvalue weighted by atomic mass is 16.2. The first-order valence-corrected chi connectivity index (χ1v) is 6.59. The van der Waals surface area contributed by atoms with Crippen molar-refractivity contribution in [2.75, 3.05) is 17.7 Å². The number of amides is 1. The number of anilines is 2. The van der Waals surface area contributed by atoms with Crippen molar-refractivity contribution in [3.8, 4) is 6.07 Å². The number of benzene rings is 1. The molecule has 0 bridgehead atoms. The van der Waals surface area contributed by atoms with Gasteiger partial charge in [-0.05, 0) is 18.6 Å². The average molecular weight is 283 g/mol. The molecule has 2 rings (SSSR count). The maximum Gasteiger partial charge on any atom is 0.278 e. The Labute approximate surface area is 123 Å². The lowest BCUT2D eigenvalue weighted by atomic mass is 10.1. The van der Waals surface area contributed by atoms with Gasteiger partial charge in [-0.1, -0.05) is 19.1 Å². The van der Waals surface area contributed by atoms with Gasteiger partial charge in [0.2, 0.25) is 0 Å². The van der Waals surface area contributed by atoms with Crippen LogP contribution in [-0.4, -0.2) is 22.7 Å². The van der Waals surface area contributed by atoms with Crippen LogP contribution in [0.3, 0.4) is 0 Å². The minimum absolute atomic E-state index is 0.287. The van der Waals surface area contributed by atoms with Crippen LogP contribution >= 0.6 is 0 Å². The Morgan fingerprint density at radius 2 is 2.14 bits per heavy atom. The van der Waals surface area contributed by atoms with E-state index in [1.54, 1.807) is 38.4 Å². The summed E-state index contributed by atoms with van der Waals surface area (Å²) < 4.78 is 1.49. The molecule has 0 aliphatic heterocycles. The van der Waals surface area contributed by atoms with E-state index in [1.165, 1.54) is 9.58 Å². The van der Waals surface area contributed by atoms with Crippen LogP contribution in [0.4, 0.5) is 11.4 Å². The number of carbonyl (C=O) groups is 1. The van der Waals surface area contributed by atoms with E-state index in [-0.39, 0.29) is 5.91 Å². The van der Waals surface area contributed by atoms with Crippen LogP contribution in [0.15, 0.2) is 24.3 Å². The Bertz CT molecular complexity index is 726. The average Bonchev–Trinajstić information content (AvgIpc) is 2.79. The van der Waals surface area contributed by atoms with Gasteiger partial charge in [0, 0.05) is 14.1 Å². The molecule has 0 fully saturated rings. The zero-order chi connectivity index (χ0) is 15.6. The normalized spacial score (nSPS) is 10.2. The lowest BCUT2D eigenvalue weighted by molar-refractivity contribution is 0.0985. The number of nitrogens with two attached hydrogens (primary N) is 1. The molecule has 1 amide bonds. The zero-order valence-electron chi connectivity index (χ0n) is 12.3. The van der Waals surface area contributed by atoms with Crippen molar-refractivity contribution in [3.63, 3.8) is 0 Å². The van der Waals surface area contributed by atoms with Crippen molar-refractivity contribution in [1.29, 1.82) is 5.26 Å². The Balaban J connectivity index is 2.45. The summed E-state index contributed by atoms with van der Waals surface area (Å²) in [6.07, 6.45) is 0.658. The molecule has 6 nitrogen and oxygen atoms in total. The van der Waals surface area contributed by atoms with Crippen LogP contribution in [0.25, 0.3) is 0 Å². The molecular weight excluding hydrogens is 266 g/mol. The van der Waals surface area contributed by atoms with E-state index in [9.17, 15) is 4.79 Å². The van der Waals surface area contributed by atoms with Gasteiger partial charge < -0.3 is 10.6 Å². The molecule has 0 spiro atoms. The van der Waals surface area contributed by atoms with E-state index in [0.29, 0.717) is 34.7 Å². The second kappa shape index (κ2) is 5.67. The summed E-state index contributed by atoms with van der Waals surface area (Å²) in [6, 6.07) is 9.02. The third-order valence-corrected chi connectivity index (χ3v) is 3.39. The number of para-hydroxylation sites is 1. The number of aromatic nitrogens is 2. The zero-order valence-corrected chi connectivity index (χ0v) is 12.3. The SMILES string of the molecule is CCc1nn(C)c(C(=O)N(C)c2ccccc2C#N)c1N. The Kier molecular flexibility index (Phi) is 3.94. The molecule has 0 saturated carbocycles. The number of aryl methyl sites for hydroxylation is 2. The summed E-state index contributed by atoms with van der Waals surface area (Å²) >= 11 is 0. The molecule has 2 N–H and O–H groups in total. The van der Waals surface area contributed by atoms with Gasteiger partial charge in [0.05, 0.1) is 22.6 Å². The molecule has 6 heteroatoms. The van der Waals surface area contributed by atoms with Gasteiger partial charge in [-0.15, -0.1) is 0 Å². The van der Waals surface area contributed by atoms with Crippen molar-refractivity contribution in [2.24, 2.45) is 7.05 Å². The van der Waals surface area contributed by atoms with Gasteiger partial charge in [-0.2, -0.15) is 10.4 Å². The number of carbonyl (C=O) groups excluding carboxylic acids is 1. The summed E-state index contributed by atoms with van der Waals surface area (Å²) in [4.78, 5) is 14.1. The quantitative estimate of drug-likeness (QED) is 0.928. The lowest BCUT2D eigenvalue weighted by Crippen LogP contribution is -2.29. The van der Waals surface area contributed by atoms with Gasteiger partial charge >= 0.3 is 0 Å². The lowest BCUT2D eigenvalue weighted by Gasteiger charge is -2.18. The molecule has 0 radical (unpaired) electrons. The summed E-state index contributed by atoms with van der Waals surface area (Å²) in [6.45, 7) is 1.93. The molecule has 0 saturated heterocycles. The van der Waals surface area contributed by atoms with Gasteiger partial charge in [0.25, 0.3) is 5.91 Å². The summed E-state index contributed by atoms with van der Waals surface area (Å²) in [5.41, 5.74) is 8.41. The molecule has 0 aliphatic carbocycles. The van der Waals surface area contributed by atoms with Crippen LogP contribution in [0, 0.1) is 11.3 Å². The summed E-state index contributed by atoms with van der Waals surface area (Å²) in [5.74, 6) is -0.287. The summed E-state index contributed by atoms with van der Waals surface area (Å²) in [7, 11) is 3.31. The molecule has 21 heavy (non-hydrogen) atoms. The monoisotopic (exact) mass is 283 g/mol. The second-order valence-electron chi connectivity index (χ2n) is 4.68. The first kappa shape index (κ1) is 14.6. The molecule has 2 aromatic rings. The molecule has 1 heterocycles. The van der Waals surface area contributed by atoms with E-state index in [1.807, 2.05) is 6.92 Å². The fraction of sp³-hybridized carbons (Fsp3) is 0.267. The van der Waals surface area contributed by atoms with Crippen molar-refractivity contribution in [3.05, 3.63) is 41.2 Å². The summed E-state index contributed by atoms with van der Waals surface area (Å²) in [5, 5.41) is 13.4. The van der Waals surface area contributed by atoms with E-state index in [2.05, 4.69) is 11.2 Å². The van der Waals surface area contributed by atoms with Crippen molar-refractivity contribution in [2.45, 2.75) is 13.3 Å². The minimum Gasteiger partial charge on any atom is -0.395 e. The first-order chi connectivity index (χ1) is 10.0. The number of hydrogen-bond acceptors (Lipinski definition) is 4. The van der Waals surface area contributed by atoms with Gasteiger partial charge in [0.15, 0.2) is 0 Å². The minimum atomic E-state index is -0.287. The number of nitriles is 1. The van der Waals surface area contributed by atoms with E-state index in [0.717, 1.165) is 0 Å². The van der Waals surface area contributed by atoms with Gasteiger partial charge in [-0.25, -0.2) is 0 Å². The van der Waals surface area contributed by atoms with E-state index >= 15 is 0 Å². The Morgan fingerprint density at radius 1 is 1.48 bits per heavy atom. The fourth-order valence-corrected chi connectivity index (χ4v) is 2.24. The van der Waals surface area contributed by atoms with E-state index in [4.69, 9.17) is 11.0 Å². The van der Waals surface area contributed by atoms with Crippen LogP contribution in [-0.2, 0) is 13.5 Å².